The van der Waals surface area contributed by atoms with Crippen molar-refractivity contribution in [3.8, 4) is 0 Å². The van der Waals surface area contributed by atoms with Crippen LogP contribution in [0, 0.1) is 11.6 Å². The van der Waals surface area contributed by atoms with Gasteiger partial charge >= 0.3 is 0 Å². The van der Waals surface area contributed by atoms with E-state index in [4.69, 9.17) is 11.6 Å². The third-order valence-electron chi connectivity index (χ3n) is 5.18. The van der Waals surface area contributed by atoms with Crippen LogP contribution in [0.2, 0.25) is 5.02 Å². The number of hydrogen-bond acceptors (Lipinski definition) is 3. The van der Waals surface area contributed by atoms with Gasteiger partial charge in [-0.15, -0.1) is 0 Å². The van der Waals surface area contributed by atoms with Crippen LogP contribution in [0.1, 0.15) is 18.4 Å². The number of nitrogens with zero attached hydrogens (tertiary/aromatic N) is 2. The fourth-order valence-electron chi connectivity index (χ4n) is 3.69. The molecule has 2 aromatic rings. The summed E-state index contributed by atoms with van der Waals surface area (Å²) in [6.07, 6.45) is 2.78. The summed E-state index contributed by atoms with van der Waals surface area (Å²) in [7, 11) is 0. The minimum absolute atomic E-state index is 0.0769. The van der Waals surface area contributed by atoms with Gasteiger partial charge in [-0.3, -0.25) is 14.5 Å². The highest BCUT2D eigenvalue weighted by molar-refractivity contribution is 6.31. The van der Waals surface area contributed by atoms with Crippen molar-refractivity contribution in [1.29, 1.82) is 0 Å². The number of carbonyl (C=O) groups is 2. The maximum Gasteiger partial charge on any atom is 0.251 e. The average molecular weight is 403 g/mol. The number of benzene rings is 2. The second kappa shape index (κ2) is 7.45. The Hall–Kier alpha value is -2.57. The zero-order chi connectivity index (χ0) is 19.8. The average Bonchev–Trinajstić information content (AvgIpc) is 2.99. The molecule has 0 saturated carbocycles. The summed E-state index contributed by atoms with van der Waals surface area (Å²) in [5.41, 5.74) is 2.33. The van der Waals surface area contributed by atoms with Gasteiger partial charge in [0.15, 0.2) is 0 Å². The lowest BCUT2D eigenvalue weighted by Gasteiger charge is -2.30. The van der Waals surface area contributed by atoms with Gasteiger partial charge in [-0.2, -0.15) is 0 Å². The number of rotatable bonds is 3. The fourth-order valence-corrected chi connectivity index (χ4v) is 3.87. The first-order valence-electron chi connectivity index (χ1n) is 8.95. The van der Waals surface area contributed by atoms with Crippen LogP contribution in [0.3, 0.4) is 0 Å². The Labute approximate surface area is 166 Å². The quantitative estimate of drug-likeness (QED) is 0.727. The highest BCUT2D eigenvalue weighted by Gasteiger charge is 2.43. The number of amides is 2. The molecule has 0 bridgehead atoms. The fraction of sp³-hybridized carbons (Fsp3) is 0.238. The Balaban J connectivity index is 1.50. The van der Waals surface area contributed by atoms with Crippen molar-refractivity contribution in [2.24, 2.45) is 0 Å². The molecule has 1 atom stereocenters. The molecule has 7 heteroatoms. The molecule has 4 nitrogen and oxygen atoms in total. The van der Waals surface area contributed by atoms with Crippen molar-refractivity contribution in [3.63, 3.8) is 0 Å². The van der Waals surface area contributed by atoms with E-state index in [1.807, 2.05) is 11.0 Å². The minimum atomic E-state index is -0.601. The third kappa shape index (κ3) is 3.45. The number of carbonyl (C=O) groups excluding carboxylic acids is 2. The van der Waals surface area contributed by atoms with E-state index in [2.05, 4.69) is 0 Å². The second-order valence-corrected chi connectivity index (χ2v) is 7.27. The predicted octanol–water partition coefficient (Wildman–Crippen LogP) is 4.04. The van der Waals surface area contributed by atoms with Crippen molar-refractivity contribution in [1.82, 2.24) is 4.90 Å². The third-order valence-corrected chi connectivity index (χ3v) is 5.47. The molecule has 2 aliphatic heterocycles. The molecule has 28 heavy (non-hydrogen) atoms. The molecule has 1 fully saturated rings. The second-order valence-electron chi connectivity index (χ2n) is 6.87. The van der Waals surface area contributed by atoms with Crippen LogP contribution in [-0.4, -0.2) is 35.8 Å². The summed E-state index contributed by atoms with van der Waals surface area (Å²) < 4.78 is 26.5. The first kappa shape index (κ1) is 18.8. The molecule has 0 radical (unpaired) electrons. The molecule has 0 aliphatic carbocycles. The summed E-state index contributed by atoms with van der Waals surface area (Å²) in [4.78, 5) is 28.3. The summed E-state index contributed by atoms with van der Waals surface area (Å²) in [5.74, 6) is -1.54. The van der Waals surface area contributed by atoms with Crippen LogP contribution in [0.15, 0.2) is 48.5 Å². The molecule has 1 saturated heterocycles. The highest BCUT2D eigenvalue weighted by atomic mass is 35.5. The molecular weight excluding hydrogens is 386 g/mol. The largest absolute Gasteiger partial charge is 0.287 e. The van der Waals surface area contributed by atoms with E-state index in [0.29, 0.717) is 19.5 Å². The summed E-state index contributed by atoms with van der Waals surface area (Å²) in [5, 5.41) is -0.133. The highest BCUT2D eigenvalue weighted by Crippen LogP contribution is 2.31. The van der Waals surface area contributed by atoms with E-state index in [0.717, 1.165) is 22.1 Å². The van der Waals surface area contributed by atoms with E-state index in [9.17, 15) is 18.4 Å². The predicted molar refractivity (Wildman–Crippen MR) is 103 cm³/mol. The molecular formula is C21H17ClF2N2O2. The number of hydrogen-bond donors (Lipinski definition) is 0. The van der Waals surface area contributed by atoms with Gasteiger partial charge in [0.25, 0.3) is 5.91 Å². The van der Waals surface area contributed by atoms with Gasteiger partial charge in [0.2, 0.25) is 5.91 Å². The van der Waals surface area contributed by atoms with E-state index in [1.165, 1.54) is 24.3 Å². The summed E-state index contributed by atoms with van der Waals surface area (Å²) >= 11 is 5.79. The molecule has 0 aromatic heterocycles. The molecule has 2 amide bonds. The Kier molecular flexibility index (Phi) is 5.00. The Morgan fingerprint density at radius 2 is 1.79 bits per heavy atom. The maximum atomic E-state index is 13.4. The Morgan fingerprint density at radius 3 is 2.43 bits per heavy atom. The molecule has 4 rings (SSSR count). The first-order chi connectivity index (χ1) is 13.4. The Bertz CT molecular complexity index is 975. The topological polar surface area (TPSA) is 40.6 Å². The Morgan fingerprint density at radius 1 is 1.04 bits per heavy atom. The van der Waals surface area contributed by atoms with Gasteiger partial charge in [0.05, 0.1) is 23.2 Å². The van der Waals surface area contributed by atoms with E-state index in [1.54, 1.807) is 12.1 Å². The van der Waals surface area contributed by atoms with Crippen LogP contribution in [-0.2, 0) is 9.59 Å². The molecule has 1 unspecified atom stereocenters. The van der Waals surface area contributed by atoms with Gasteiger partial charge < -0.3 is 0 Å². The van der Waals surface area contributed by atoms with Gasteiger partial charge in [-0.1, -0.05) is 29.8 Å². The minimum Gasteiger partial charge on any atom is -0.287 e. The van der Waals surface area contributed by atoms with E-state index < -0.39 is 11.9 Å². The van der Waals surface area contributed by atoms with Crippen molar-refractivity contribution in [2.75, 3.05) is 18.0 Å². The van der Waals surface area contributed by atoms with Gasteiger partial charge in [-0.05, 0) is 47.9 Å². The molecule has 2 aromatic carbocycles. The van der Waals surface area contributed by atoms with E-state index >= 15 is 0 Å². The zero-order valence-electron chi connectivity index (χ0n) is 14.9. The number of halogens is 3. The summed E-state index contributed by atoms with van der Waals surface area (Å²) in [6, 6.07) is 9.58. The number of anilines is 1. The lowest BCUT2D eigenvalue weighted by molar-refractivity contribution is -0.122. The standard InChI is InChI=1S/C21H17ClF2N2O2/c22-17-11-16(5-6-18(17)24)26-20(27)12-19(21(26)28)25-9-7-14(8-10-25)13-1-3-15(23)4-2-13/h1-7,11,19H,8-10,12H2. The molecule has 0 spiro atoms. The van der Waals surface area contributed by atoms with Crippen molar-refractivity contribution >= 4 is 34.7 Å². The lowest BCUT2D eigenvalue weighted by atomic mass is 9.98. The van der Waals surface area contributed by atoms with Crippen molar-refractivity contribution in [3.05, 3.63) is 70.8 Å². The number of imide groups is 1. The van der Waals surface area contributed by atoms with Crippen LogP contribution in [0.4, 0.5) is 14.5 Å². The molecule has 0 N–H and O–H groups in total. The first-order valence-corrected chi connectivity index (χ1v) is 9.32. The SMILES string of the molecule is O=C1CC(N2CC=C(c3ccc(F)cc3)CC2)C(=O)N1c1ccc(F)c(Cl)c1. The molecule has 2 heterocycles. The monoisotopic (exact) mass is 402 g/mol. The van der Waals surface area contributed by atoms with Crippen LogP contribution in [0.25, 0.3) is 5.57 Å². The molecule has 144 valence electrons. The normalized spacial score (nSPS) is 20.6. The lowest BCUT2D eigenvalue weighted by Crippen LogP contribution is -2.44. The smallest absolute Gasteiger partial charge is 0.251 e. The van der Waals surface area contributed by atoms with Gasteiger partial charge in [0, 0.05) is 13.1 Å². The van der Waals surface area contributed by atoms with Crippen LogP contribution < -0.4 is 4.90 Å². The maximum absolute atomic E-state index is 13.4. The molecule has 2 aliphatic rings. The van der Waals surface area contributed by atoms with Crippen LogP contribution >= 0.6 is 11.6 Å². The van der Waals surface area contributed by atoms with Gasteiger partial charge in [-0.25, -0.2) is 13.7 Å². The zero-order valence-corrected chi connectivity index (χ0v) is 15.6. The van der Waals surface area contributed by atoms with Gasteiger partial charge in [0.1, 0.15) is 11.6 Å². The van der Waals surface area contributed by atoms with Crippen molar-refractivity contribution in [2.45, 2.75) is 18.9 Å². The summed E-state index contributed by atoms with van der Waals surface area (Å²) in [6.45, 7) is 1.14. The van der Waals surface area contributed by atoms with E-state index in [-0.39, 0.29) is 34.8 Å². The van der Waals surface area contributed by atoms with Crippen molar-refractivity contribution < 1.29 is 18.4 Å². The van der Waals surface area contributed by atoms with Crippen LogP contribution in [0.5, 0.6) is 0 Å².